The van der Waals surface area contributed by atoms with E-state index in [1.54, 1.807) is 35.9 Å². The van der Waals surface area contributed by atoms with Gasteiger partial charge in [0.05, 0.1) is 28.7 Å². The third kappa shape index (κ3) is 3.94. The zero-order valence-corrected chi connectivity index (χ0v) is 16.3. The number of hydrogen-bond acceptors (Lipinski definition) is 5. The Hall–Kier alpha value is -2.68. The van der Waals surface area contributed by atoms with Crippen LogP contribution in [0.5, 0.6) is 0 Å². The summed E-state index contributed by atoms with van der Waals surface area (Å²) >= 11 is 1.49. The Morgan fingerprint density at radius 1 is 1.29 bits per heavy atom. The lowest BCUT2D eigenvalue weighted by Gasteiger charge is -2.10. The van der Waals surface area contributed by atoms with E-state index in [1.807, 2.05) is 13.8 Å². The average molecular weight is 405 g/mol. The van der Waals surface area contributed by atoms with E-state index in [-0.39, 0.29) is 5.52 Å². The van der Waals surface area contributed by atoms with Gasteiger partial charge in [-0.2, -0.15) is 13.2 Å². The van der Waals surface area contributed by atoms with E-state index >= 15 is 0 Å². The standard InChI is InChI=1S/C19H18F3N5S/c1-4-28-18(26-13-8-6-5-7-12(13)23)11(2)17-25-14-9-16(19(20,21)22)24-10-15(14)27(17)3/h5-10,23H,4H2,1-3H3/b18-11-,23-12?,26-13?. The van der Waals surface area contributed by atoms with Gasteiger partial charge in [0.15, 0.2) is 0 Å². The van der Waals surface area contributed by atoms with E-state index in [4.69, 9.17) is 5.41 Å². The number of nitrogens with zero attached hydrogens (tertiary/aromatic N) is 4. The fourth-order valence-electron chi connectivity index (χ4n) is 2.72. The maximum absolute atomic E-state index is 12.9. The van der Waals surface area contributed by atoms with Gasteiger partial charge in [-0.25, -0.2) is 15.0 Å². The number of rotatable bonds is 4. The van der Waals surface area contributed by atoms with Crippen LogP contribution in [-0.4, -0.2) is 31.7 Å². The van der Waals surface area contributed by atoms with Gasteiger partial charge < -0.3 is 4.57 Å². The van der Waals surface area contributed by atoms with E-state index in [0.717, 1.165) is 17.4 Å². The summed E-state index contributed by atoms with van der Waals surface area (Å²) in [4.78, 5) is 12.5. The van der Waals surface area contributed by atoms with Gasteiger partial charge in [0.1, 0.15) is 16.5 Å². The van der Waals surface area contributed by atoms with Crippen LogP contribution in [0.4, 0.5) is 13.2 Å². The number of allylic oxidation sites excluding steroid dienone is 5. The number of aliphatic imine (C=N–C) groups is 1. The highest BCUT2D eigenvalue weighted by Crippen LogP contribution is 2.32. The van der Waals surface area contributed by atoms with Crippen LogP contribution in [0.3, 0.4) is 0 Å². The van der Waals surface area contributed by atoms with E-state index in [1.165, 1.54) is 18.0 Å². The molecule has 146 valence electrons. The van der Waals surface area contributed by atoms with Crippen molar-refractivity contribution in [2.45, 2.75) is 20.0 Å². The van der Waals surface area contributed by atoms with Crippen LogP contribution in [0.1, 0.15) is 25.4 Å². The molecule has 28 heavy (non-hydrogen) atoms. The van der Waals surface area contributed by atoms with Crippen molar-refractivity contribution in [3.05, 3.63) is 53.1 Å². The van der Waals surface area contributed by atoms with Gasteiger partial charge >= 0.3 is 6.18 Å². The van der Waals surface area contributed by atoms with Crippen molar-refractivity contribution in [2.75, 3.05) is 5.75 Å². The molecule has 0 saturated heterocycles. The minimum Gasteiger partial charge on any atom is -0.326 e. The number of fused-ring (bicyclic) bond motifs is 1. The molecule has 1 N–H and O–H groups in total. The molecule has 2 aromatic heterocycles. The Bertz CT molecular complexity index is 1060. The molecule has 0 spiro atoms. The van der Waals surface area contributed by atoms with Gasteiger partial charge in [-0.3, -0.25) is 5.41 Å². The molecule has 0 aromatic carbocycles. The molecule has 3 rings (SSSR count). The molecule has 0 atom stereocenters. The minimum atomic E-state index is -4.52. The summed E-state index contributed by atoms with van der Waals surface area (Å²) in [6.07, 6.45) is 3.64. The molecule has 0 aliphatic heterocycles. The molecule has 0 unspecified atom stereocenters. The largest absolute Gasteiger partial charge is 0.433 e. The number of aromatic nitrogens is 3. The highest BCUT2D eigenvalue weighted by atomic mass is 32.2. The predicted molar refractivity (Wildman–Crippen MR) is 108 cm³/mol. The Labute approximate surface area is 164 Å². The van der Waals surface area contributed by atoms with Crippen molar-refractivity contribution in [3.63, 3.8) is 0 Å². The SMILES string of the molecule is CCS/C(N=C1C=CC=CC1=N)=C(/C)c1nc2cc(C(F)(F)F)ncc2n1C. The van der Waals surface area contributed by atoms with Crippen LogP contribution in [-0.2, 0) is 13.2 Å². The molecule has 5 nitrogen and oxygen atoms in total. The molecule has 1 aliphatic carbocycles. The number of aryl methyl sites for hydroxylation is 1. The van der Waals surface area contributed by atoms with Crippen molar-refractivity contribution >= 4 is 39.8 Å². The molecule has 0 radical (unpaired) electrons. The van der Waals surface area contributed by atoms with E-state index in [9.17, 15) is 13.2 Å². The predicted octanol–water partition coefficient (Wildman–Crippen LogP) is 5.02. The molecule has 0 bridgehead atoms. The van der Waals surface area contributed by atoms with Crippen molar-refractivity contribution in [1.82, 2.24) is 14.5 Å². The van der Waals surface area contributed by atoms with Crippen molar-refractivity contribution < 1.29 is 13.2 Å². The first-order valence-corrected chi connectivity index (χ1v) is 9.47. The van der Waals surface area contributed by atoms with Crippen molar-refractivity contribution in [3.8, 4) is 0 Å². The minimum absolute atomic E-state index is 0.223. The zero-order valence-electron chi connectivity index (χ0n) is 15.5. The number of hydrogen-bond donors (Lipinski definition) is 1. The number of imidazole rings is 1. The zero-order chi connectivity index (χ0) is 20.5. The Kier molecular flexibility index (Phi) is 5.55. The lowest BCUT2D eigenvalue weighted by molar-refractivity contribution is -0.141. The van der Waals surface area contributed by atoms with Crippen LogP contribution < -0.4 is 0 Å². The summed E-state index contributed by atoms with van der Waals surface area (Å²) in [7, 11) is 1.73. The third-order valence-corrected chi connectivity index (χ3v) is 5.08. The Morgan fingerprint density at radius 2 is 2.00 bits per heavy atom. The van der Waals surface area contributed by atoms with E-state index in [2.05, 4.69) is 15.0 Å². The van der Waals surface area contributed by atoms with Crippen LogP contribution in [0, 0.1) is 5.41 Å². The van der Waals surface area contributed by atoms with E-state index < -0.39 is 11.9 Å². The Morgan fingerprint density at radius 3 is 2.64 bits per heavy atom. The topological polar surface area (TPSA) is 66.9 Å². The molecule has 2 heterocycles. The smallest absolute Gasteiger partial charge is 0.326 e. The van der Waals surface area contributed by atoms with Crippen LogP contribution in [0.2, 0.25) is 0 Å². The second kappa shape index (κ2) is 7.75. The summed E-state index contributed by atoms with van der Waals surface area (Å²) in [5.41, 5.74) is 1.31. The summed E-state index contributed by atoms with van der Waals surface area (Å²) in [5, 5.41) is 8.66. The molecular weight excluding hydrogens is 387 g/mol. The lowest BCUT2D eigenvalue weighted by Crippen LogP contribution is -2.10. The van der Waals surface area contributed by atoms with Gasteiger partial charge in [0, 0.05) is 12.6 Å². The van der Waals surface area contributed by atoms with Gasteiger partial charge in [-0.15, -0.1) is 11.8 Å². The maximum Gasteiger partial charge on any atom is 0.433 e. The van der Waals surface area contributed by atoms with Crippen molar-refractivity contribution in [1.29, 1.82) is 5.41 Å². The highest BCUT2D eigenvalue weighted by molar-refractivity contribution is 8.03. The molecule has 2 aromatic rings. The first kappa shape index (κ1) is 20.1. The molecule has 0 amide bonds. The first-order valence-electron chi connectivity index (χ1n) is 8.48. The fraction of sp³-hybridized carbons (Fsp3) is 0.263. The highest BCUT2D eigenvalue weighted by Gasteiger charge is 2.33. The summed E-state index contributed by atoms with van der Waals surface area (Å²) in [6, 6.07) is 0.953. The maximum atomic E-state index is 12.9. The monoisotopic (exact) mass is 405 g/mol. The molecule has 9 heteroatoms. The average Bonchev–Trinajstić information content (AvgIpc) is 2.98. The molecule has 0 saturated carbocycles. The third-order valence-electron chi connectivity index (χ3n) is 4.12. The molecular formula is C19H18F3N5S. The number of nitrogens with one attached hydrogen (secondary N) is 1. The summed E-state index contributed by atoms with van der Waals surface area (Å²) in [5.74, 6) is 1.26. The Balaban J connectivity index is 2.13. The number of halogens is 3. The summed E-state index contributed by atoms with van der Waals surface area (Å²) < 4.78 is 40.5. The van der Waals surface area contributed by atoms with Gasteiger partial charge in [0.25, 0.3) is 0 Å². The normalized spacial score (nSPS) is 16.9. The molecule has 1 aliphatic rings. The van der Waals surface area contributed by atoms with Crippen molar-refractivity contribution in [2.24, 2.45) is 12.0 Å². The van der Waals surface area contributed by atoms with E-state index in [0.29, 0.717) is 27.8 Å². The first-order chi connectivity index (χ1) is 13.2. The number of pyridine rings is 1. The number of thioether (sulfide) groups is 1. The second-order valence-corrected chi connectivity index (χ2v) is 7.30. The second-order valence-electron chi connectivity index (χ2n) is 6.04. The van der Waals surface area contributed by atoms with Crippen LogP contribution in [0.25, 0.3) is 16.6 Å². The lowest BCUT2D eigenvalue weighted by atomic mass is 10.1. The molecule has 0 fully saturated rings. The van der Waals surface area contributed by atoms with Crippen LogP contribution >= 0.6 is 11.8 Å². The van der Waals surface area contributed by atoms with Gasteiger partial charge in [-0.05, 0) is 30.9 Å². The fourth-order valence-corrected chi connectivity index (χ4v) is 3.46. The van der Waals surface area contributed by atoms with Crippen LogP contribution in [0.15, 0.2) is 46.6 Å². The number of alkyl halides is 3. The van der Waals surface area contributed by atoms with Gasteiger partial charge in [-0.1, -0.05) is 19.1 Å². The van der Waals surface area contributed by atoms with Gasteiger partial charge in [0.2, 0.25) is 0 Å². The summed E-state index contributed by atoms with van der Waals surface area (Å²) in [6.45, 7) is 3.81. The quantitative estimate of drug-likeness (QED) is 0.727.